The third kappa shape index (κ3) is 3.10. The van der Waals surface area contributed by atoms with Crippen molar-refractivity contribution in [1.82, 2.24) is 0 Å². The molecule has 0 saturated heterocycles. The predicted octanol–water partition coefficient (Wildman–Crippen LogP) is 1.72. The van der Waals surface area contributed by atoms with Crippen molar-refractivity contribution in [3.63, 3.8) is 0 Å². The molecule has 0 aromatic rings. The molecule has 3 nitrogen and oxygen atoms in total. The van der Waals surface area contributed by atoms with E-state index in [1.807, 2.05) is 0 Å². The number of ether oxygens (including phenoxy) is 2. The number of carbonyl (C=O) groups excluding carboxylic acids is 1. The van der Waals surface area contributed by atoms with Gasteiger partial charge in [-0.15, -0.1) is 0 Å². The van der Waals surface area contributed by atoms with Crippen LogP contribution < -0.4 is 0 Å². The lowest BCUT2D eigenvalue weighted by Crippen LogP contribution is -2.33. The summed E-state index contributed by atoms with van der Waals surface area (Å²) in [5.41, 5.74) is 0. The molecule has 0 rings (SSSR count). The molecule has 0 radical (unpaired) electrons. The topological polar surface area (TPSA) is 35.5 Å². The zero-order valence-electron chi connectivity index (χ0n) is 5.94. The summed E-state index contributed by atoms with van der Waals surface area (Å²) in [6.45, 7) is 0.572. The van der Waals surface area contributed by atoms with Crippen molar-refractivity contribution in [3.05, 3.63) is 0 Å². The van der Waals surface area contributed by atoms with E-state index < -0.39 is 18.4 Å². The average Bonchev–Trinajstić information content (AvgIpc) is 1.86. The summed E-state index contributed by atoms with van der Waals surface area (Å²) >= 11 is 0. The monoisotopic (exact) mass is 172 g/mol. The molecule has 0 N–H and O–H groups in total. The third-order valence-corrected chi connectivity index (χ3v) is 0.849. The molecule has 0 aliphatic heterocycles. The minimum atomic E-state index is -4.12. The van der Waals surface area contributed by atoms with Crippen LogP contribution in [0.1, 0.15) is 6.92 Å². The highest BCUT2D eigenvalue weighted by atomic mass is 19.3. The first-order chi connectivity index (χ1) is 4.90. The van der Waals surface area contributed by atoms with Gasteiger partial charge in [0.1, 0.15) is 0 Å². The van der Waals surface area contributed by atoms with Gasteiger partial charge in [-0.3, -0.25) is 0 Å². The number of hydrogen-bond donors (Lipinski definition) is 0. The molecule has 0 saturated carbocycles. The lowest BCUT2D eigenvalue weighted by atomic mass is 10.4. The quantitative estimate of drug-likeness (QED) is 0.595. The number of carbonyl (C=O) groups is 1. The molecule has 11 heavy (non-hydrogen) atoms. The fourth-order valence-corrected chi connectivity index (χ4v) is 0.234. The first kappa shape index (κ1) is 10.1. The summed E-state index contributed by atoms with van der Waals surface area (Å²) in [4.78, 5) is 10.0. The Morgan fingerprint density at radius 2 is 2.00 bits per heavy atom. The summed E-state index contributed by atoms with van der Waals surface area (Å²) in [5.74, 6) is 0. The Bertz CT molecular complexity index is 146. The van der Waals surface area contributed by atoms with Crippen molar-refractivity contribution in [2.45, 2.75) is 19.2 Å². The zero-order valence-corrected chi connectivity index (χ0v) is 5.94. The summed E-state index contributed by atoms with van der Waals surface area (Å²) < 4.78 is 43.1. The van der Waals surface area contributed by atoms with Crippen LogP contribution >= 0.6 is 0 Å². The molecule has 0 amide bonds. The molecule has 0 aromatic heterocycles. The van der Waals surface area contributed by atoms with Crippen LogP contribution in [0.15, 0.2) is 0 Å². The predicted molar refractivity (Wildman–Crippen MR) is 29.0 cm³/mol. The van der Waals surface area contributed by atoms with E-state index in [9.17, 15) is 18.0 Å². The van der Waals surface area contributed by atoms with E-state index in [2.05, 4.69) is 9.47 Å². The smallest absolute Gasteiger partial charge is 0.437 e. The van der Waals surface area contributed by atoms with Crippen molar-refractivity contribution < 1.29 is 27.4 Å². The lowest BCUT2D eigenvalue weighted by Gasteiger charge is -2.15. The van der Waals surface area contributed by atoms with Crippen LogP contribution in [-0.4, -0.2) is 25.5 Å². The molecule has 0 aliphatic carbocycles. The Balaban J connectivity index is 4.01. The summed E-state index contributed by atoms with van der Waals surface area (Å²) in [6.07, 6.45) is -8.28. The van der Waals surface area contributed by atoms with Crippen LogP contribution in [0, 0.1) is 0 Å². The van der Waals surface area contributed by atoms with Crippen LogP contribution in [0.4, 0.5) is 18.0 Å². The maximum absolute atomic E-state index is 12.1. The van der Waals surface area contributed by atoms with Crippen molar-refractivity contribution >= 4 is 6.16 Å². The van der Waals surface area contributed by atoms with Crippen LogP contribution in [0.2, 0.25) is 0 Å². The highest BCUT2D eigenvalue weighted by Crippen LogP contribution is 2.22. The van der Waals surface area contributed by atoms with Gasteiger partial charge in [0.05, 0.1) is 7.11 Å². The van der Waals surface area contributed by atoms with Crippen LogP contribution in [-0.2, 0) is 9.47 Å². The van der Waals surface area contributed by atoms with Crippen molar-refractivity contribution in [2.75, 3.05) is 7.11 Å². The van der Waals surface area contributed by atoms with E-state index in [0.29, 0.717) is 6.92 Å². The minimum absolute atomic E-state index is 0.572. The molecule has 1 atom stereocenters. The standard InChI is InChI=1S/C5H7F3O3/c1-3(6)5(7,8)11-4(9)10-2/h3H,1-2H3. The van der Waals surface area contributed by atoms with E-state index in [1.165, 1.54) is 0 Å². The van der Waals surface area contributed by atoms with Gasteiger partial charge in [0.25, 0.3) is 0 Å². The molecule has 0 bridgehead atoms. The number of alkyl halides is 3. The highest BCUT2D eigenvalue weighted by Gasteiger charge is 2.42. The van der Waals surface area contributed by atoms with Crippen LogP contribution in [0.5, 0.6) is 0 Å². The fraction of sp³-hybridized carbons (Fsp3) is 0.800. The number of rotatable bonds is 2. The molecule has 66 valence electrons. The molecule has 1 unspecified atom stereocenters. The zero-order chi connectivity index (χ0) is 9.07. The normalized spacial score (nSPS) is 13.9. The summed E-state index contributed by atoms with van der Waals surface area (Å²) in [5, 5.41) is 0. The van der Waals surface area contributed by atoms with Gasteiger partial charge < -0.3 is 9.47 Å². The number of hydrogen-bond acceptors (Lipinski definition) is 3. The largest absolute Gasteiger partial charge is 0.512 e. The van der Waals surface area contributed by atoms with Gasteiger partial charge in [-0.2, -0.15) is 8.78 Å². The Morgan fingerprint density at radius 3 is 2.27 bits per heavy atom. The second kappa shape index (κ2) is 3.45. The molecular formula is C5H7F3O3. The van der Waals surface area contributed by atoms with E-state index in [1.54, 1.807) is 0 Å². The third-order valence-electron chi connectivity index (χ3n) is 0.849. The fourth-order valence-electron chi connectivity index (χ4n) is 0.234. The van der Waals surface area contributed by atoms with E-state index in [-0.39, 0.29) is 0 Å². The highest BCUT2D eigenvalue weighted by molar-refractivity contribution is 5.59. The van der Waals surface area contributed by atoms with Gasteiger partial charge >= 0.3 is 12.3 Å². The second-order valence-electron chi connectivity index (χ2n) is 1.73. The van der Waals surface area contributed by atoms with Crippen molar-refractivity contribution in [3.8, 4) is 0 Å². The SMILES string of the molecule is COC(=O)OC(F)(F)C(C)F. The molecular weight excluding hydrogens is 165 g/mol. The first-order valence-electron chi connectivity index (χ1n) is 2.69. The van der Waals surface area contributed by atoms with E-state index in [4.69, 9.17) is 0 Å². The summed E-state index contributed by atoms with van der Waals surface area (Å²) in [7, 11) is 0.849. The molecule has 6 heteroatoms. The van der Waals surface area contributed by atoms with Gasteiger partial charge in [0, 0.05) is 0 Å². The van der Waals surface area contributed by atoms with Gasteiger partial charge in [0.15, 0.2) is 0 Å². The van der Waals surface area contributed by atoms with Gasteiger partial charge in [-0.1, -0.05) is 0 Å². The molecule has 0 aromatic carbocycles. The van der Waals surface area contributed by atoms with E-state index >= 15 is 0 Å². The first-order valence-corrected chi connectivity index (χ1v) is 2.69. The van der Waals surface area contributed by atoms with Crippen molar-refractivity contribution in [1.29, 1.82) is 0 Å². The van der Waals surface area contributed by atoms with Gasteiger partial charge in [-0.05, 0) is 6.92 Å². The maximum Gasteiger partial charge on any atom is 0.512 e. The molecule has 0 fully saturated rings. The Kier molecular flexibility index (Phi) is 3.16. The number of methoxy groups -OCH3 is 1. The van der Waals surface area contributed by atoms with Gasteiger partial charge in [0.2, 0.25) is 6.17 Å². The Morgan fingerprint density at radius 1 is 1.55 bits per heavy atom. The Labute approximate surface area is 61.1 Å². The van der Waals surface area contributed by atoms with Crippen molar-refractivity contribution in [2.24, 2.45) is 0 Å². The van der Waals surface area contributed by atoms with E-state index in [0.717, 1.165) is 7.11 Å². The molecule has 0 heterocycles. The number of halogens is 3. The van der Waals surface area contributed by atoms with Crippen LogP contribution in [0.3, 0.4) is 0 Å². The Hall–Kier alpha value is -0.940. The average molecular weight is 172 g/mol. The van der Waals surface area contributed by atoms with Crippen LogP contribution in [0.25, 0.3) is 0 Å². The van der Waals surface area contributed by atoms with Gasteiger partial charge in [-0.25, -0.2) is 9.18 Å². The molecule has 0 spiro atoms. The minimum Gasteiger partial charge on any atom is -0.437 e. The molecule has 0 aliphatic rings. The summed E-state index contributed by atoms with van der Waals surface area (Å²) in [6, 6.07) is 0. The maximum atomic E-state index is 12.1. The second-order valence-corrected chi connectivity index (χ2v) is 1.73. The lowest BCUT2D eigenvalue weighted by molar-refractivity contribution is -0.242.